The monoisotopic (exact) mass is 486 g/mol. The van der Waals surface area contributed by atoms with Crippen molar-refractivity contribution in [2.45, 2.75) is 20.3 Å². The maximum atomic E-state index is 12.7. The van der Waals surface area contributed by atoms with Gasteiger partial charge in [0.1, 0.15) is 5.75 Å². The zero-order valence-corrected chi connectivity index (χ0v) is 20.4. The van der Waals surface area contributed by atoms with Gasteiger partial charge in [-0.2, -0.15) is 0 Å². The lowest BCUT2D eigenvalue weighted by Gasteiger charge is -2.12. The Morgan fingerprint density at radius 3 is 2.43 bits per heavy atom. The molecule has 1 aliphatic heterocycles. The van der Waals surface area contributed by atoms with Gasteiger partial charge in [-0.3, -0.25) is 19.3 Å². The van der Waals surface area contributed by atoms with Crippen molar-refractivity contribution in [1.82, 2.24) is 4.90 Å². The molecule has 1 N–H and O–H groups in total. The van der Waals surface area contributed by atoms with Crippen molar-refractivity contribution >= 4 is 40.6 Å². The largest absolute Gasteiger partial charge is 0.484 e. The third-order valence-corrected chi connectivity index (χ3v) is 6.59. The summed E-state index contributed by atoms with van der Waals surface area (Å²) in [4.78, 5) is 38.9. The van der Waals surface area contributed by atoms with E-state index in [-0.39, 0.29) is 23.7 Å². The number of amides is 3. The molecular formula is C28H26N2O4S. The van der Waals surface area contributed by atoms with Crippen LogP contribution in [0.4, 0.5) is 10.5 Å². The standard InChI is InChI=1S/C28H26N2O4S/c1-19-8-11-23(16-20(19)2)29-26(31)18-34-24-12-9-22(10-13-24)17-25-27(32)30(28(33)35-25)15-14-21-6-4-3-5-7-21/h3-13,16-17H,14-15,18H2,1-2H3,(H,29,31)/b25-17-. The molecule has 35 heavy (non-hydrogen) atoms. The fourth-order valence-electron chi connectivity index (χ4n) is 3.56. The summed E-state index contributed by atoms with van der Waals surface area (Å²) in [5.41, 5.74) is 4.85. The van der Waals surface area contributed by atoms with Crippen molar-refractivity contribution in [3.63, 3.8) is 0 Å². The number of benzene rings is 3. The van der Waals surface area contributed by atoms with Crippen LogP contribution in [0.15, 0.2) is 77.7 Å². The van der Waals surface area contributed by atoms with Crippen LogP contribution in [0.5, 0.6) is 5.75 Å². The Kier molecular flexibility index (Phi) is 7.67. The SMILES string of the molecule is Cc1ccc(NC(=O)COc2ccc(/C=C3\SC(=O)N(CCc4ccccc4)C3=O)cc2)cc1C. The first-order valence-electron chi connectivity index (χ1n) is 11.3. The van der Waals surface area contributed by atoms with Crippen LogP contribution in [-0.4, -0.2) is 35.1 Å². The van der Waals surface area contributed by atoms with Gasteiger partial charge in [0, 0.05) is 12.2 Å². The van der Waals surface area contributed by atoms with Crippen LogP contribution in [0, 0.1) is 13.8 Å². The summed E-state index contributed by atoms with van der Waals surface area (Å²) in [5, 5.41) is 2.57. The van der Waals surface area contributed by atoms with Crippen molar-refractivity contribution < 1.29 is 19.1 Å². The van der Waals surface area contributed by atoms with Crippen LogP contribution in [0.25, 0.3) is 6.08 Å². The molecule has 1 aliphatic rings. The van der Waals surface area contributed by atoms with E-state index in [4.69, 9.17) is 4.74 Å². The fourth-order valence-corrected chi connectivity index (χ4v) is 4.42. The Morgan fingerprint density at radius 1 is 0.971 bits per heavy atom. The molecule has 1 fully saturated rings. The van der Waals surface area contributed by atoms with Gasteiger partial charge in [0.05, 0.1) is 4.91 Å². The molecule has 0 radical (unpaired) electrons. The fraction of sp³-hybridized carbons (Fsp3) is 0.179. The first-order valence-corrected chi connectivity index (χ1v) is 12.1. The van der Waals surface area contributed by atoms with Gasteiger partial charge in [0.15, 0.2) is 6.61 Å². The average molecular weight is 487 g/mol. The van der Waals surface area contributed by atoms with Crippen molar-refractivity contribution in [3.05, 3.63) is 100.0 Å². The molecule has 1 saturated heterocycles. The lowest BCUT2D eigenvalue weighted by atomic mass is 10.1. The molecule has 3 amide bonds. The minimum absolute atomic E-state index is 0.118. The predicted molar refractivity (Wildman–Crippen MR) is 139 cm³/mol. The highest BCUT2D eigenvalue weighted by Gasteiger charge is 2.34. The molecule has 1 heterocycles. The van der Waals surface area contributed by atoms with Crippen LogP contribution in [0.2, 0.25) is 0 Å². The highest BCUT2D eigenvalue weighted by Crippen LogP contribution is 2.32. The van der Waals surface area contributed by atoms with Gasteiger partial charge in [0.25, 0.3) is 17.1 Å². The van der Waals surface area contributed by atoms with E-state index in [1.165, 1.54) is 4.90 Å². The van der Waals surface area contributed by atoms with Gasteiger partial charge >= 0.3 is 0 Å². The Balaban J connectivity index is 1.30. The van der Waals surface area contributed by atoms with Crippen LogP contribution < -0.4 is 10.1 Å². The van der Waals surface area contributed by atoms with Gasteiger partial charge in [0.2, 0.25) is 0 Å². The molecule has 3 aromatic carbocycles. The smallest absolute Gasteiger partial charge is 0.293 e. The molecule has 0 unspecified atom stereocenters. The molecule has 3 aromatic rings. The first-order chi connectivity index (χ1) is 16.9. The maximum absolute atomic E-state index is 12.7. The van der Waals surface area contributed by atoms with Crippen molar-refractivity contribution in [3.8, 4) is 5.75 Å². The zero-order valence-electron chi connectivity index (χ0n) is 19.6. The Morgan fingerprint density at radius 2 is 1.71 bits per heavy atom. The number of hydrogen-bond donors (Lipinski definition) is 1. The third kappa shape index (κ3) is 6.39. The van der Waals surface area contributed by atoms with E-state index in [2.05, 4.69) is 5.32 Å². The molecule has 6 nitrogen and oxygen atoms in total. The van der Waals surface area contributed by atoms with Gasteiger partial charge in [-0.1, -0.05) is 48.5 Å². The number of nitrogens with one attached hydrogen (secondary N) is 1. The Hall–Kier alpha value is -3.84. The second-order valence-electron chi connectivity index (χ2n) is 8.27. The quantitative estimate of drug-likeness (QED) is 0.420. The Bertz CT molecular complexity index is 1270. The normalized spacial score (nSPS) is 14.5. The number of ether oxygens (including phenoxy) is 1. The summed E-state index contributed by atoms with van der Waals surface area (Å²) >= 11 is 0.947. The first kappa shape index (κ1) is 24.3. The number of imide groups is 1. The third-order valence-electron chi connectivity index (χ3n) is 5.68. The molecule has 0 aliphatic carbocycles. The number of nitrogens with zero attached hydrogens (tertiary/aromatic N) is 1. The van der Waals surface area contributed by atoms with E-state index in [0.29, 0.717) is 23.6 Å². The Labute approximate surface area is 209 Å². The maximum Gasteiger partial charge on any atom is 0.293 e. The minimum atomic E-state index is -0.278. The van der Waals surface area contributed by atoms with Crippen LogP contribution in [0.1, 0.15) is 22.3 Å². The van der Waals surface area contributed by atoms with Crippen molar-refractivity contribution in [1.29, 1.82) is 0 Å². The summed E-state index contributed by atoms with van der Waals surface area (Å²) in [7, 11) is 0. The lowest BCUT2D eigenvalue weighted by molar-refractivity contribution is -0.122. The summed E-state index contributed by atoms with van der Waals surface area (Å²) in [6.45, 7) is 4.24. The number of anilines is 1. The number of hydrogen-bond acceptors (Lipinski definition) is 5. The van der Waals surface area contributed by atoms with Gasteiger partial charge in [-0.15, -0.1) is 0 Å². The summed E-state index contributed by atoms with van der Waals surface area (Å²) < 4.78 is 5.58. The molecule has 0 bridgehead atoms. The number of thioether (sulfide) groups is 1. The second-order valence-corrected chi connectivity index (χ2v) is 9.27. The van der Waals surface area contributed by atoms with E-state index < -0.39 is 0 Å². The van der Waals surface area contributed by atoms with Crippen LogP contribution in [0.3, 0.4) is 0 Å². The van der Waals surface area contributed by atoms with Gasteiger partial charge in [-0.25, -0.2) is 0 Å². The minimum Gasteiger partial charge on any atom is -0.484 e. The highest BCUT2D eigenvalue weighted by molar-refractivity contribution is 8.18. The van der Waals surface area contributed by atoms with Crippen LogP contribution in [-0.2, 0) is 16.0 Å². The summed E-state index contributed by atoms with van der Waals surface area (Å²) in [6, 6.07) is 22.5. The molecular weight excluding hydrogens is 460 g/mol. The van der Waals surface area contributed by atoms with Crippen molar-refractivity contribution in [2.75, 3.05) is 18.5 Å². The average Bonchev–Trinajstić information content (AvgIpc) is 3.12. The highest BCUT2D eigenvalue weighted by atomic mass is 32.2. The lowest BCUT2D eigenvalue weighted by Crippen LogP contribution is -2.30. The number of aryl methyl sites for hydroxylation is 2. The molecule has 0 spiro atoms. The van der Waals surface area contributed by atoms with E-state index in [1.54, 1.807) is 30.3 Å². The number of rotatable bonds is 8. The van der Waals surface area contributed by atoms with E-state index >= 15 is 0 Å². The summed E-state index contributed by atoms with van der Waals surface area (Å²) in [5.74, 6) is 0.00845. The molecule has 0 aromatic heterocycles. The van der Waals surface area contributed by atoms with Crippen LogP contribution >= 0.6 is 11.8 Å². The topological polar surface area (TPSA) is 75.7 Å². The predicted octanol–water partition coefficient (Wildman–Crippen LogP) is 5.60. The molecule has 7 heteroatoms. The van der Waals surface area contributed by atoms with Gasteiger partial charge in [-0.05, 0) is 84.6 Å². The zero-order chi connectivity index (χ0) is 24.8. The second kappa shape index (κ2) is 11.1. The van der Waals surface area contributed by atoms with E-state index in [9.17, 15) is 14.4 Å². The van der Waals surface area contributed by atoms with Gasteiger partial charge < -0.3 is 10.1 Å². The number of carbonyl (C=O) groups is 3. The molecule has 0 atom stereocenters. The van der Waals surface area contributed by atoms with Crippen molar-refractivity contribution in [2.24, 2.45) is 0 Å². The number of carbonyl (C=O) groups excluding carboxylic acids is 3. The molecule has 4 rings (SSSR count). The van der Waals surface area contributed by atoms with E-state index in [1.807, 2.05) is 62.4 Å². The van der Waals surface area contributed by atoms with E-state index in [0.717, 1.165) is 39.7 Å². The molecule has 0 saturated carbocycles. The summed E-state index contributed by atoms with van der Waals surface area (Å²) in [6.07, 6.45) is 2.32. The molecule has 178 valence electrons.